The van der Waals surface area contributed by atoms with Crippen LogP contribution in [0.2, 0.25) is 0 Å². The van der Waals surface area contributed by atoms with Crippen LogP contribution in [0.4, 0.5) is 0 Å². The van der Waals surface area contributed by atoms with E-state index in [9.17, 15) is 13.2 Å². The zero-order chi connectivity index (χ0) is 23.0. The lowest BCUT2D eigenvalue weighted by Gasteiger charge is -2.32. The van der Waals surface area contributed by atoms with E-state index in [4.69, 9.17) is 4.74 Å². The third kappa shape index (κ3) is 6.74. The van der Waals surface area contributed by atoms with Crippen molar-refractivity contribution in [3.8, 4) is 0 Å². The van der Waals surface area contributed by atoms with Crippen LogP contribution in [0, 0.1) is 0 Å². The molecule has 3 rings (SSSR count). The molecule has 1 saturated heterocycles. The number of ether oxygens (including phenoxy) is 1. The molecule has 1 N–H and O–H groups in total. The summed E-state index contributed by atoms with van der Waals surface area (Å²) in [6.07, 6.45) is 0. The van der Waals surface area contributed by atoms with E-state index in [-0.39, 0.29) is 11.4 Å². The summed E-state index contributed by atoms with van der Waals surface area (Å²) in [4.78, 5) is 16.6. The van der Waals surface area contributed by atoms with Crippen LogP contribution in [0.1, 0.15) is 6.92 Å². The van der Waals surface area contributed by atoms with Crippen molar-refractivity contribution in [2.45, 2.75) is 27.7 Å². The molecule has 1 aliphatic rings. The van der Waals surface area contributed by atoms with Gasteiger partial charge in [-0.1, -0.05) is 30.0 Å². The van der Waals surface area contributed by atoms with Crippen LogP contribution in [-0.4, -0.2) is 69.0 Å². The van der Waals surface area contributed by atoms with Gasteiger partial charge >= 0.3 is 0 Å². The smallest absolute Gasteiger partial charge is 0.261 e. The fraction of sp³-hybridized carbons (Fsp3) is 0.381. The molecule has 0 radical (unpaired) electrons. The van der Waals surface area contributed by atoms with E-state index in [1.807, 2.05) is 39.8 Å². The molecule has 2 atom stereocenters. The van der Waals surface area contributed by atoms with Gasteiger partial charge in [-0.25, -0.2) is 13.9 Å². The molecule has 174 valence electrons. The first-order valence-electron chi connectivity index (χ1n) is 10.2. The SMILES string of the molecule is C[C@H](C(=O)NOP)N(CCN1CCOCC1)S(=O)(=O)c1ccc(Sc2ccccc2)cc1. The molecule has 0 bridgehead atoms. The average Bonchev–Trinajstić information content (AvgIpc) is 2.81. The van der Waals surface area contributed by atoms with Crippen molar-refractivity contribution in [2.24, 2.45) is 0 Å². The third-order valence-corrected chi connectivity index (χ3v) is 8.24. The fourth-order valence-electron chi connectivity index (χ4n) is 3.30. The summed E-state index contributed by atoms with van der Waals surface area (Å²) in [5.74, 6) is -0.540. The van der Waals surface area contributed by atoms with Crippen LogP contribution < -0.4 is 5.48 Å². The molecule has 11 heteroatoms. The zero-order valence-electron chi connectivity index (χ0n) is 17.8. The molecule has 1 heterocycles. The van der Waals surface area contributed by atoms with Crippen molar-refractivity contribution >= 4 is 37.2 Å². The highest BCUT2D eigenvalue weighted by molar-refractivity contribution is 7.99. The van der Waals surface area contributed by atoms with Crippen molar-refractivity contribution in [2.75, 3.05) is 39.4 Å². The van der Waals surface area contributed by atoms with Gasteiger partial charge in [-0.3, -0.25) is 14.3 Å². The van der Waals surface area contributed by atoms with Gasteiger partial charge in [0.1, 0.15) is 6.04 Å². The molecule has 2 aromatic carbocycles. The highest BCUT2D eigenvalue weighted by Crippen LogP contribution is 2.29. The molecule has 0 aliphatic carbocycles. The predicted octanol–water partition coefficient (Wildman–Crippen LogP) is 2.39. The van der Waals surface area contributed by atoms with Crippen LogP contribution in [-0.2, 0) is 24.2 Å². The monoisotopic (exact) mass is 497 g/mol. The second kappa shape index (κ2) is 12.1. The van der Waals surface area contributed by atoms with E-state index in [0.29, 0.717) is 19.8 Å². The van der Waals surface area contributed by atoms with E-state index >= 15 is 0 Å². The molecular weight excluding hydrogens is 469 g/mol. The van der Waals surface area contributed by atoms with Crippen molar-refractivity contribution in [3.05, 3.63) is 54.6 Å². The van der Waals surface area contributed by atoms with Gasteiger partial charge in [0.25, 0.3) is 5.91 Å². The Balaban J connectivity index is 1.78. The molecule has 1 fully saturated rings. The summed E-state index contributed by atoms with van der Waals surface area (Å²) < 4.78 is 38.2. The maximum atomic E-state index is 13.5. The first-order valence-corrected chi connectivity index (χ1v) is 12.9. The number of carbonyl (C=O) groups excluding carboxylic acids is 1. The van der Waals surface area contributed by atoms with Crippen molar-refractivity contribution < 1.29 is 22.6 Å². The second-order valence-electron chi connectivity index (χ2n) is 7.22. The summed E-state index contributed by atoms with van der Waals surface area (Å²) in [6.45, 7) is 4.92. The van der Waals surface area contributed by atoms with Crippen molar-refractivity contribution in [1.29, 1.82) is 0 Å². The molecule has 1 amide bonds. The minimum absolute atomic E-state index is 0.142. The van der Waals surface area contributed by atoms with Crippen LogP contribution in [0.3, 0.4) is 0 Å². The summed E-state index contributed by atoms with van der Waals surface area (Å²) >= 11 is 1.55. The van der Waals surface area contributed by atoms with E-state index < -0.39 is 22.0 Å². The lowest BCUT2D eigenvalue weighted by molar-refractivity contribution is -0.130. The van der Waals surface area contributed by atoms with Gasteiger partial charge < -0.3 is 4.74 Å². The van der Waals surface area contributed by atoms with Crippen LogP contribution >= 0.6 is 21.2 Å². The number of hydrogen-bond donors (Lipinski definition) is 1. The summed E-state index contributed by atoms with van der Waals surface area (Å²) in [5.41, 5.74) is 2.20. The maximum Gasteiger partial charge on any atom is 0.261 e. The number of hydrogen-bond acceptors (Lipinski definition) is 7. The van der Waals surface area contributed by atoms with Crippen LogP contribution in [0.25, 0.3) is 0 Å². The lowest BCUT2D eigenvalue weighted by atomic mass is 10.3. The standard InChI is InChI=1S/C21H28N3O5PS2/c1-17(21(25)22-29-30)24(12-11-23-13-15-28-16-14-23)32(26,27)20-9-7-19(8-10-20)31-18-5-3-2-4-6-18/h2-10,17H,11-16,30H2,1H3,(H,22,25)/t17-/m1/s1. The van der Waals surface area contributed by atoms with Crippen molar-refractivity contribution in [1.82, 2.24) is 14.7 Å². The minimum atomic E-state index is -3.91. The predicted molar refractivity (Wildman–Crippen MR) is 127 cm³/mol. The Hall–Kier alpha value is -1.52. The van der Waals surface area contributed by atoms with Crippen LogP contribution in [0.15, 0.2) is 69.3 Å². The Kier molecular flexibility index (Phi) is 9.48. The first-order chi connectivity index (χ1) is 15.4. The van der Waals surface area contributed by atoms with Gasteiger partial charge in [0, 0.05) is 45.4 Å². The largest absolute Gasteiger partial charge is 0.379 e. The Morgan fingerprint density at radius 3 is 2.41 bits per heavy atom. The van der Waals surface area contributed by atoms with Gasteiger partial charge in [-0.05, 0) is 43.3 Å². The van der Waals surface area contributed by atoms with Gasteiger partial charge in [0.2, 0.25) is 10.0 Å². The number of amides is 1. The topological polar surface area (TPSA) is 88.2 Å². The lowest BCUT2D eigenvalue weighted by Crippen LogP contribution is -2.50. The number of carbonyl (C=O) groups is 1. The Morgan fingerprint density at radius 2 is 1.78 bits per heavy atom. The highest BCUT2D eigenvalue weighted by atomic mass is 32.2. The number of sulfonamides is 1. The summed E-state index contributed by atoms with van der Waals surface area (Å²) in [5, 5.41) is 0. The number of hydroxylamine groups is 1. The third-order valence-electron chi connectivity index (χ3n) is 5.12. The average molecular weight is 498 g/mol. The normalized spacial score (nSPS) is 16.1. The second-order valence-corrected chi connectivity index (χ2v) is 10.5. The molecule has 0 saturated carbocycles. The van der Waals surface area contributed by atoms with Gasteiger partial charge in [0.15, 0.2) is 0 Å². The van der Waals surface area contributed by atoms with E-state index in [2.05, 4.69) is 15.0 Å². The van der Waals surface area contributed by atoms with Gasteiger partial charge in [-0.15, -0.1) is 0 Å². The van der Waals surface area contributed by atoms with E-state index in [0.717, 1.165) is 22.9 Å². The van der Waals surface area contributed by atoms with Crippen LogP contribution in [0.5, 0.6) is 0 Å². The summed E-state index contributed by atoms with van der Waals surface area (Å²) in [6, 6.07) is 15.6. The highest BCUT2D eigenvalue weighted by Gasteiger charge is 2.33. The molecule has 1 unspecified atom stereocenters. The summed E-state index contributed by atoms with van der Waals surface area (Å²) in [7, 11) is -1.99. The number of benzene rings is 2. The Labute approximate surface area is 195 Å². The molecule has 1 aliphatic heterocycles. The quantitative estimate of drug-likeness (QED) is 0.398. The van der Waals surface area contributed by atoms with Gasteiger partial charge in [0.05, 0.1) is 18.1 Å². The molecule has 0 spiro atoms. The number of nitrogens with one attached hydrogen (secondary N) is 1. The molecular formula is C21H28N3O5PS2. The fourth-order valence-corrected chi connectivity index (χ4v) is 5.84. The minimum Gasteiger partial charge on any atom is -0.379 e. The number of rotatable bonds is 10. The number of morpholine rings is 1. The molecule has 2 aromatic rings. The van der Waals surface area contributed by atoms with E-state index in [1.165, 1.54) is 4.31 Å². The van der Waals surface area contributed by atoms with Gasteiger partial charge in [-0.2, -0.15) is 4.31 Å². The molecule has 8 nitrogen and oxygen atoms in total. The zero-order valence-corrected chi connectivity index (χ0v) is 20.6. The van der Waals surface area contributed by atoms with E-state index in [1.54, 1.807) is 43.0 Å². The Morgan fingerprint density at radius 1 is 1.16 bits per heavy atom. The van der Waals surface area contributed by atoms with Crippen molar-refractivity contribution in [3.63, 3.8) is 0 Å². The molecule has 0 aromatic heterocycles. The number of nitrogens with zero attached hydrogens (tertiary/aromatic N) is 2. The maximum absolute atomic E-state index is 13.5. The molecule has 32 heavy (non-hydrogen) atoms. The first kappa shape index (κ1) is 25.1. The Bertz CT molecular complexity index is 971.